The van der Waals surface area contributed by atoms with Crippen molar-refractivity contribution in [2.24, 2.45) is 0 Å². The Morgan fingerprint density at radius 3 is 2.23 bits per heavy atom. The van der Waals surface area contributed by atoms with Crippen molar-refractivity contribution in [1.29, 1.82) is 0 Å². The predicted molar refractivity (Wildman–Crippen MR) is 124 cm³/mol. The number of hydrogen-bond donors (Lipinski definition) is 0. The molecule has 0 saturated heterocycles. The largest absolute Gasteiger partial charge is 0.336 e. The van der Waals surface area contributed by atoms with Crippen molar-refractivity contribution in [2.45, 2.75) is 19.8 Å². The highest BCUT2D eigenvalue weighted by molar-refractivity contribution is 6.46. The van der Waals surface area contributed by atoms with Gasteiger partial charge in [0.05, 0.1) is 11.3 Å². The summed E-state index contributed by atoms with van der Waals surface area (Å²) in [5.74, 6) is -0.597. The Morgan fingerprint density at radius 1 is 0.806 bits per heavy atom. The van der Waals surface area contributed by atoms with Gasteiger partial charge in [0, 0.05) is 17.3 Å². The molecule has 0 unspecified atom stereocenters. The van der Waals surface area contributed by atoms with Crippen molar-refractivity contribution in [2.75, 3.05) is 16.3 Å². The van der Waals surface area contributed by atoms with E-state index in [1.807, 2.05) is 54.3 Å². The molecule has 2 amide bonds. The molecule has 3 aromatic carbocycles. The molecular formula is C26H21ClN2O2. The first-order valence-electron chi connectivity index (χ1n) is 10.4. The Labute approximate surface area is 186 Å². The summed E-state index contributed by atoms with van der Waals surface area (Å²) in [4.78, 5) is 30.8. The maximum Gasteiger partial charge on any atom is 0.282 e. The molecule has 3 aromatic rings. The minimum atomic E-state index is -0.306. The third kappa shape index (κ3) is 3.24. The number of halogens is 1. The van der Waals surface area contributed by atoms with Gasteiger partial charge in [-0.25, -0.2) is 4.90 Å². The third-order valence-corrected chi connectivity index (χ3v) is 6.18. The van der Waals surface area contributed by atoms with E-state index in [0.29, 0.717) is 34.1 Å². The van der Waals surface area contributed by atoms with Gasteiger partial charge in [0.15, 0.2) is 0 Å². The molecule has 0 bridgehead atoms. The summed E-state index contributed by atoms with van der Waals surface area (Å²) in [5, 5.41) is 0.585. The zero-order valence-electron chi connectivity index (χ0n) is 17.1. The zero-order valence-corrected chi connectivity index (χ0v) is 17.9. The topological polar surface area (TPSA) is 40.6 Å². The first-order chi connectivity index (χ1) is 15.1. The van der Waals surface area contributed by atoms with E-state index in [0.717, 1.165) is 24.1 Å². The fourth-order valence-electron chi connectivity index (χ4n) is 4.44. The minimum Gasteiger partial charge on any atom is -0.336 e. The summed E-state index contributed by atoms with van der Waals surface area (Å²) < 4.78 is 0. The van der Waals surface area contributed by atoms with Crippen LogP contribution in [0, 0.1) is 6.92 Å². The molecule has 0 aromatic heterocycles. The standard InChI is InChI=1S/C26H21ClN2O2/c1-17-7-2-4-10-21(17)29-25(30)23(19-12-14-20(27)15-13-19)24(26(29)31)28-16-6-9-18-8-3-5-11-22(18)28/h2-5,7-8,10-15H,6,9,16H2,1H3. The number of benzene rings is 3. The second-order valence-electron chi connectivity index (χ2n) is 7.85. The summed E-state index contributed by atoms with van der Waals surface area (Å²) >= 11 is 6.09. The molecule has 0 saturated carbocycles. The molecule has 0 spiro atoms. The minimum absolute atomic E-state index is 0.291. The third-order valence-electron chi connectivity index (χ3n) is 5.93. The van der Waals surface area contributed by atoms with Crippen LogP contribution >= 0.6 is 11.6 Å². The van der Waals surface area contributed by atoms with Gasteiger partial charge in [0.1, 0.15) is 5.70 Å². The van der Waals surface area contributed by atoms with Gasteiger partial charge < -0.3 is 4.90 Å². The van der Waals surface area contributed by atoms with Crippen LogP contribution in [0.2, 0.25) is 5.02 Å². The Hall–Kier alpha value is -3.37. The summed E-state index contributed by atoms with van der Waals surface area (Å²) in [6.45, 7) is 2.59. The van der Waals surface area contributed by atoms with Crippen molar-refractivity contribution in [1.82, 2.24) is 0 Å². The lowest BCUT2D eigenvalue weighted by molar-refractivity contribution is -0.120. The van der Waals surface area contributed by atoms with Crippen LogP contribution in [0.5, 0.6) is 0 Å². The molecular weight excluding hydrogens is 408 g/mol. The molecule has 0 aliphatic carbocycles. The molecule has 5 rings (SSSR count). The first kappa shape index (κ1) is 19.6. The van der Waals surface area contributed by atoms with Crippen molar-refractivity contribution in [3.05, 3.63) is 100 Å². The van der Waals surface area contributed by atoms with E-state index in [9.17, 15) is 9.59 Å². The van der Waals surface area contributed by atoms with E-state index in [4.69, 9.17) is 11.6 Å². The number of hydrogen-bond acceptors (Lipinski definition) is 3. The lowest BCUT2D eigenvalue weighted by Crippen LogP contribution is -2.37. The van der Waals surface area contributed by atoms with E-state index in [-0.39, 0.29) is 11.8 Å². The van der Waals surface area contributed by atoms with E-state index in [1.165, 1.54) is 10.5 Å². The number of anilines is 2. The van der Waals surface area contributed by atoms with Crippen LogP contribution in [0.25, 0.3) is 5.57 Å². The summed E-state index contributed by atoms with van der Waals surface area (Å²) in [6.07, 6.45) is 1.88. The van der Waals surface area contributed by atoms with Crippen molar-refractivity contribution in [3.8, 4) is 0 Å². The monoisotopic (exact) mass is 428 g/mol. The fraction of sp³-hybridized carbons (Fsp3) is 0.154. The van der Waals surface area contributed by atoms with Crippen molar-refractivity contribution >= 4 is 40.4 Å². The molecule has 4 nitrogen and oxygen atoms in total. The van der Waals surface area contributed by atoms with Crippen LogP contribution < -0.4 is 9.80 Å². The van der Waals surface area contributed by atoms with Gasteiger partial charge in [-0.3, -0.25) is 9.59 Å². The Balaban J connectivity index is 1.72. The second kappa shape index (κ2) is 7.71. The molecule has 5 heteroatoms. The maximum absolute atomic E-state index is 13.8. The summed E-state index contributed by atoms with van der Waals surface area (Å²) in [5.41, 5.74) is 5.21. The normalized spacial score (nSPS) is 16.2. The van der Waals surface area contributed by atoms with Crippen LogP contribution in [0.4, 0.5) is 11.4 Å². The van der Waals surface area contributed by atoms with Gasteiger partial charge in [-0.1, -0.05) is 60.1 Å². The van der Waals surface area contributed by atoms with Gasteiger partial charge in [-0.15, -0.1) is 0 Å². The molecule has 31 heavy (non-hydrogen) atoms. The van der Waals surface area contributed by atoms with Gasteiger partial charge in [-0.2, -0.15) is 0 Å². The number of carbonyl (C=O) groups is 2. The molecule has 2 heterocycles. The highest BCUT2D eigenvalue weighted by Crippen LogP contribution is 2.40. The Bertz CT molecular complexity index is 1230. The van der Waals surface area contributed by atoms with Crippen LogP contribution in [0.3, 0.4) is 0 Å². The lowest BCUT2D eigenvalue weighted by Gasteiger charge is -2.32. The van der Waals surface area contributed by atoms with E-state index in [2.05, 4.69) is 6.07 Å². The number of carbonyl (C=O) groups excluding carboxylic acids is 2. The number of para-hydroxylation sites is 2. The van der Waals surface area contributed by atoms with Gasteiger partial charge in [0.2, 0.25) is 0 Å². The van der Waals surface area contributed by atoms with Crippen LogP contribution in [0.15, 0.2) is 78.5 Å². The molecule has 0 N–H and O–H groups in total. The van der Waals surface area contributed by atoms with Crippen molar-refractivity contribution in [3.63, 3.8) is 0 Å². The zero-order chi connectivity index (χ0) is 21.5. The average molecular weight is 429 g/mol. The highest BCUT2D eigenvalue weighted by Gasteiger charge is 2.43. The van der Waals surface area contributed by atoms with Gasteiger partial charge >= 0.3 is 0 Å². The fourth-order valence-corrected chi connectivity index (χ4v) is 4.57. The number of amides is 2. The van der Waals surface area contributed by atoms with E-state index in [1.54, 1.807) is 24.3 Å². The quantitative estimate of drug-likeness (QED) is 0.525. The Morgan fingerprint density at radius 2 is 1.48 bits per heavy atom. The summed E-state index contributed by atoms with van der Waals surface area (Å²) in [6, 6.07) is 22.7. The first-order valence-corrected chi connectivity index (χ1v) is 10.7. The molecule has 0 atom stereocenters. The number of imide groups is 1. The summed E-state index contributed by atoms with van der Waals surface area (Å²) in [7, 11) is 0. The smallest absolute Gasteiger partial charge is 0.282 e. The maximum atomic E-state index is 13.8. The SMILES string of the molecule is Cc1ccccc1N1C(=O)C(c2ccc(Cl)cc2)=C(N2CCCc3ccccc32)C1=O. The number of nitrogens with zero attached hydrogens (tertiary/aromatic N) is 2. The second-order valence-corrected chi connectivity index (χ2v) is 8.28. The predicted octanol–water partition coefficient (Wildman–Crippen LogP) is 5.39. The van der Waals surface area contributed by atoms with E-state index >= 15 is 0 Å². The van der Waals surface area contributed by atoms with Crippen LogP contribution in [-0.2, 0) is 16.0 Å². The van der Waals surface area contributed by atoms with Gasteiger partial charge in [-0.05, 0) is 60.7 Å². The van der Waals surface area contributed by atoms with Crippen molar-refractivity contribution < 1.29 is 9.59 Å². The van der Waals surface area contributed by atoms with Crippen LogP contribution in [-0.4, -0.2) is 18.4 Å². The van der Waals surface area contributed by atoms with Crippen LogP contribution in [0.1, 0.15) is 23.1 Å². The lowest BCUT2D eigenvalue weighted by atomic mass is 9.98. The molecule has 154 valence electrons. The molecule has 2 aliphatic heterocycles. The number of aryl methyl sites for hydroxylation is 2. The number of rotatable bonds is 3. The average Bonchev–Trinajstić information content (AvgIpc) is 3.04. The van der Waals surface area contributed by atoms with E-state index < -0.39 is 0 Å². The Kier molecular flexibility index (Phi) is 4.87. The molecule has 2 aliphatic rings. The van der Waals surface area contributed by atoms with Gasteiger partial charge in [0.25, 0.3) is 11.8 Å². The number of fused-ring (bicyclic) bond motifs is 1. The molecule has 0 radical (unpaired) electrons. The highest BCUT2D eigenvalue weighted by atomic mass is 35.5. The molecule has 0 fully saturated rings.